The molecule has 0 aromatic heterocycles. The van der Waals surface area contributed by atoms with Gasteiger partial charge in [0.25, 0.3) is 0 Å². The second-order valence-electron chi connectivity index (χ2n) is 6.55. The van der Waals surface area contributed by atoms with Crippen LogP contribution in [0.3, 0.4) is 0 Å². The van der Waals surface area contributed by atoms with Crippen LogP contribution < -0.4 is 0 Å². The van der Waals surface area contributed by atoms with Gasteiger partial charge < -0.3 is 25.2 Å². The minimum atomic E-state index is -1.05. The second-order valence-corrected chi connectivity index (χ2v) is 6.55. The number of aliphatic hydroxyl groups excluding tert-OH is 2. The molecule has 0 unspecified atom stereocenters. The number of ether oxygens (including phenoxy) is 1. The molecule has 1 aliphatic heterocycles. The third-order valence-electron chi connectivity index (χ3n) is 4.31. The fraction of sp³-hybridized carbons (Fsp3) is 0.556. The number of carbonyl (C=O) groups is 2. The van der Waals surface area contributed by atoms with Crippen molar-refractivity contribution < 1.29 is 34.8 Å². The Morgan fingerprint density at radius 2 is 1.80 bits per heavy atom. The molecule has 4 N–H and O–H groups in total. The first-order chi connectivity index (χ1) is 11.8. The minimum Gasteiger partial charge on any atom is -0.508 e. The fourth-order valence-corrected chi connectivity index (χ4v) is 3.00. The van der Waals surface area contributed by atoms with Gasteiger partial charge >= 0.3 is 5.97 Å². The van der Waals surface area contributed by atoms with Gasteiger partial charge in [0, 0.05) is 25.3 Å². The van der Waals surface area contributed by atoms with Crippen molar-refractivity contribution in [2.75, 3.05) is 0 Å². The van der Waals surface area contributed by atoms with Crippen LogP contribution in [-0.4, -0.2) is 50.5 Å². The summed E-state index contributed by atoms with van der Waals surface area (Å²) in [6, 6.07) is 2.28. The third-order valence-corrected chi connectivity index (χ3v) is 4.31. The number of ketones is 1. The van der Waals surface area contributed by atoms with Crippen LogP contribution in [0.2, 0.25) is 0 Å². The predicted octanol–water partition coefficient (Wildman–Crippen LogP) is 1.44. The maximum atomic E-state index is 12.4. The number of hydrogen-bond donors (Lipinski definition) is 4. The van der Waals surface area contributed by atoms with Crippen LogP contribution >= 0.6 is 0 Å². The zero-order valence-electron chi connectivity index (χ0n) is 14.1. The van der Waals surface area contributed by atoms with Crippen molar-refractivity contribution in [2.45, 2.75) is 63.8 Å². The normalized spacial score (nSPS) is 26.4. The van der Waals surface area contributed by atoms with Gasteiger partial charge in [-0.3, -0.25) is 4.79 Å². The van der Waals surface area contributed by atoms with Gasteiger partial charge in [-0.25, -0.2) is 4.79 Å². The second kappa shape index (κ2) is 8.31. The Morgan fingerprint density at radius 1 is 1.08 bits per heavy atom. The fourth-order valence-electron chi connectivity index (χ4n) is 3.00. The van der Waals surface area contributed by atoms with E-state index in [0.29, 0.717) is 19.3 Å². The first-order valence-electron chi connectivity index (χ1n) is 8.41. The minimum absolute atomic E-state index is 0.0556. The van der Waals surface area contributed by atoms with Crippen LogP contribution in [0.1, 0.15) is 54.9 Å². The van der Waals surface area contributed by atoms with E-state index >= 15 is 0 Å². The summed E-state index contributed by atoms with van der Waals surface area (Å²) in [4.78, 5) is 24.5. The monoisotopic (exact) mass is 352 g/mol. The molecular weight excluding hydrogens is 328 g/mol. The predicted molar refractivity (Wildman–Crippen MR) is 88.5 cm³/mol. The Balaban J connectivity index is 2.33. The highest BCUT2D eigenvalue weighted by atomic mass is 16.5. The van der Waals surface area contributed by atoms with Crippen LogP contribution in [-0.2, 0) is 16.0 Å². The first kappa shape index (κ1) is 19.2. The largest absolute Gasteiger partial charge is 0.508 e. The Morgan fingerprint density at radius 3 is 2.52 bits per heavy atom. The molecule has 1 aromatic carbocycles. The van der Waals surface area contributed by atoms with Gasteiger partial charge in [0.05, 0.1) is 12.2 Å². The molecule has 0 saturated heterocycles. The maximum absolute atomic E-state index is 12.4. The van der Waals surface area contributed by atoms with Crippen LogP contribution in [0.25, 0.3) is 0 Å². The van der Waals surface area contributed by atoms with Gasteiger partial charge in [0.1, 0.15) is 28.9 Å². The average Bonchev–Trinajstić information content (AvgIpc) is 2.49. The van der Waals surface area contributed by atoms with E-state index in [4.69, 9.17) is 4.74 Å². The molecule has 0 radical (unpaired) electrons. The van der Waals surface area contributed by atoms with E-state index in [2.05, 4.69) is 0 Å². The molecule has 1 heterocycles. The topological polar surface area (TPSA) is 124 Å². The number of carbonyl (C=O) groups excluding carboxylic acids is 2. The van der Waals surface area contributed by atoms with Crippen molar-refractivity contribution >= 4 is 11.8 Å². The van der Waals surface area contributed by atoms with Crippen molar-refractivity contribution in [3.05, 3.63) is 23.3 Å². The molecule has 0 fully saturated rings. The Kier molecular flexibility index (Phi) is 6.39. The van der Waals surface area contributed by atoms with Gasteiger partial charge in [0.15, 0.2) is 0 Å². The van der Waals surface area contributed by atoms with Gasteiger partial charge in [-0.2, -0.15) is 0 Å². The highest BCUT2D eigenvalue weighted by Crippen LogP contribution is 2.29. The number of benzene rings is 1. The average molecular weight is 352 g/mol. The smallest absolute Gasteiger partial charge is 0.342 e. The van der Waals surface area contributed by atoms with Crippen molar-refractivity contribution in [1.82, 2.24) is 0 Å². The number of esters is 1. The van der Waals surface area contributed by atoms with Gasteiger partial charge in [-0.15, -0.1) is 0 Å². The molecule has 0 saturated carbocycles. The molecule has 1 aliphatic rings. The summed E-state index contributed by atoms with van der Waals surface area (Å²) in [5.74, 6) is -1.71. The highest BCUT2D eigenvalue weighted by molar-refractivity contribution is 5.96. The molecule has 0 amide bonds. The van der Waals surface area contributed by atoms with E-state index in [1.165, 1.54) is 6.07 Å². The first-order valence-corrected chi connectivity index (χ1v) is 8.41. The SMILES string of the molecule is C[C@H]1C[C@H](O)[C@@H](O)CCCCC(=O)Cc2cc(O)cc(O)c2C(=O)O1. The number of rotatable bonds is 0. The number of aliphatic hydroxyl groups is 2. The number of hydrogen-bond acceptors (Lipinski definition) is 7. The van der Waals surface area contributed by atoms with E-state index in [0.717, 1.165) is 6.07 Å². The Labute approximate surface area is 145 Å². The van der Waals surface area contributed by atoms with Crippen molar-refractivity contribution in [2.24, 2.45) is 0 Å². The lowest BCUT2D eigenvalue weighted by Gasteiger charge is -2.22. The van der Waals surface area contributed by atoms with E-state index < -0.39 is 30.0 Å². The van der Waals surface area contributed by atoms with E-state index in [1.807, 2.05) is 0 Å². The Bertz CT molecular complexity index is 641. The number of aromatic hydroxyl groups is 2. The molecule has 7 heteroatoms. The summed E-state index contributed by atoms with van der Waals surface area (Å²) < 4.78 is 5.23. The molecule has 0 aliphatic carbocycles. The van der Waals surface area contributed by atoms with Crippen LogP contribution in [0.5, 0.6) is 11.5 Å². The number of phenolic OH excluding ortho intramolecular Hbond substituents is 2. The summed E-state index contributed by atoms with van der Waals surface area (Å²) >= 11 is 0. The molecule has 3 atom stereocenters. The van der Waals surface area contributed by atoms with Crippen molar-refractivity contribution in [3.8, 4) is 11.5 Å². The zero-order valence-corrected chi connectivity index (χ0v) is 14.1. The number of cyclic esters (lactones) is 1. The van der Waals surface area contributed by atoms with Gasteiger partial charge in [-0.1, -0.05) is 6.42 Å². The van der Waals surface area contributed by atoms with Gasteiger partial charge in [-0.05, 0) is 31.4 Å². The lowest BCUT2D eigenvalue weighted by atomic mass is 9.96. The number of Topliss-reactive ketones (excluding diaryl/α,β-unsaturated/α-hetero) is 1. The lowest BCUT2D eigenvalue weighted by molar-refractivity contribution is -0.118. The number of phenols is 2. The number of fused-ring (bicyclic) bond motifs is 1. The van der Waals surface area contributed by atoms with E-state index in [-0.39, 0.29) is 41.9 Å². The van der Waals surface area contributed by atoms with Crippen LogP contribution in [0.4, 0.5) is 0 Å². The van der Waals surface area contributed by atoms with Crippen LogP contribution in [0.15, 0.2) is 12.1 Å². The maximum Gasteiger partial charge on any atom is 0.342 e. The molecule has 0 spiro atoms. The summed E-state index contributed by atoms with van der Waals surface area (Å²) in [6.07, 6.45) is -1.02. The zero-order chi connectivity index (χ0) is 18.6. The summed E-state index contributed by atoms with van der Waals surface area (Å²) in [5, 5.41) is 39.6. The summed E-state index contributed by atoms with van der Waals surface area (Å²) in [6.45, 7) is 1.57. The summed E-state index contributed by atoms with van der Waals surface area (Å²) in [7, 11) is 0. The van der Waals surface area contributed by atoms with Crippen molar-refractivity contribution in [3.63, 3.8) is 0 Å². The molecule has 2 rings (SSSR count). The lowest BCUT2D eigenvalue weighted by Crippen LogP contribution is -2.31. The molecule has 25 heavy (non-hydrogen) atoms. The molecular formula is C18H24O7. The van der Waals surface area contributed by atoms with E-state index in [9.17, 15) is 30.0 Å². The van der Waals surface area contributed by atoms with Crippen LogP contribution in [0, 0.1) is 0 Å². The highest BCUT2D eigenvalue weighted by Gasteiger charge is 2.26. The Hall–Kier alpha value is -2.12. The molecule has 1 aromatic rings. The molecule has 138 valence electrons. The quantitative estimate of drug-likeness (QED) is 0.521. The standard InChI is InChI=1S/C18H24O7/c1-10-6-15(22)14(21)5-3-2-4-12(19)7-11-8-13(20)9-16(23)17(11)18(24)25-10/h8-10,14-15,20-23H,2-7H2,1H3/t10-,14-,15-/m0/s1. The van der Waals surface area contributed by atoms with Gasteiger partial charge in [0.2, 0.25) is 0 Å². The van der Waals surface area contributed by atoms with Crippen molar-refractivity contribution in [1.29, 1.82) is 0 Å². The van der Waals surface area contributed by atoms with E-state index in [1.54, 1.807) is 6.92 Å². The third kappa shape index (κ3) is 5.17. The molecule has 7 nitrogen and oxygen atoms in total. The molecule has 0 bridgehead atoms. The summed E-state index contributed by atoms with van der Waals surface area (Å²) in [5.41, 5.74) is 0.0439.